The third-order valence-electron chi connectivity index (χ3n) is 2.39. The van der Waals surface area contributed by atoms with E-state index in [4.69, 9.17) is 4.74 Å². The van der Waals surface area contributed by atoms with Crippen molar-refractivity contribution in [3.05, 3.63) is 35.9 Å². The predicted molar refractivity (Wildman–Crippen MR) is 65.6 cm³/mol. The van der Waals surface area contributed by atoms with E-state index < -0.39 is 0 Å². The first-order valence-corrected chi connectivity index (χ1v) is 5.81. The summed E-state index contributed by atoms with van der Waals surface area (Å²) < 4.78 is 5.39. The minimum Gasteiger partial charge on any atom is -0.376 e. The second-order valence-corrected chi connectivity index (χ2v) is 4.03. The highest BCUT2D eigenvalue weighted by molar-refractivity contribution is 5.84. The normalized spacial score (nSPS) is 10.2. The number of Topliss-reactive ketones (excluding diaryl/α,β-unsaturated/α-hetero) is 2. The van der Waals surface area contributed by atoms with Crippen molar-refractivity contribution in [2.24, 2.45) is 0 Å². The van der Waals surface area contributed by atoms with E-state index in [0.29, 0.717) is 32.5 Å². The molecule has 0 aromatic heterocycles. The molecule has 0 fully saturated rings. The summed E-state index contributed by atoms with van der Waals surface area (Å²) in [5, 5.41) is 0. The second kappa shape index (κ2) is 7.74. The zero-order valence-corrected chi connectivity index (χ0v) is 10.1. The summed E-state index contributed by atoms with van der Waals surface area (Å²) >= 11 is 0. The number of carbonyl (C=O) groups excluding carboxylic acids is 2. The fourth-order valence-corrected chi connectivity index (χ4v) is 1.39. The standard InChI is InChI=1S/C14H18O3/c1-12(15)7-8-14(16)9-10-17-11-13-5-3-2-4-6-13/h2-6H,7-11H2,1H3. The highest BCUT2D eigenvalue weighted by Crippen LogP contribution is 2.02. The van der Waals surface area contributed by atoms with Crippen LogP contribution in [0.2, 0.25) is 0 Å². The van der Waals surface area contributed by atoms with Crippen molar-refractivity contribution >= 4 is 11.6 Å². The number of carbonyl (C=O) groups is 2. The Morgan fingerprint density at radius 3 is 2.41 bits per heavy atom. The van der Waals surface area contributed by atoms with Crippen LogP contribution in [0.3, 0.4) is 0 Å². The maximum absolute atomic E-state index is 11.3. The van der Waals surface area contributed by atoms with Crippen molar-refractivity contribution in [3.63, 3.8) is 0 Å². The van der Waals surface area contributed by atoms with Crippen LogP contribution in [0, 0.1) is 0 Å². The highest BCUT2D eigenvalue weighted by Gasteiger charge is 2.03. The lowest BCUT2D eigenvalue weighted by Crippen LogP contribution is -2.06. The molecule has 0 aliphatic carbocycles. The van der Waals surface area contributed by atoms with Gasteiger partial charge in [-0.3, -0.25) is 4.79 Å². The van der Waals surface area contributed by atoms with Crippen LogP contribution in [-0.4, -0.2) is 18.2 Å². The van der Waals surface area contributed by atoms with Gasteiger partial charge in [0, 0.05) is 19.3 Å². The zero-order valence-electron chi connectivity index (χ0n) is 10.1. The maximum Gasteiger partial charge on any atom is 0.135 e. The van der Waals surface area contributed by atoms with Gasteiger partial charge in [-0.2, -0.15) is 0 Å². The van der Waals surface area contributed by atoms with Gasteiger partial charge in [0.05, 0.1) is 13.2 Å². The van der Waals surface area contributed by atoms with Crippen LogP contribution in [0.1, 0.15) is 31.7 Å². The third-order valence-corrected chi connectivity index (χ3v) is 2.39. The van der Waals surface area contributed by atoms with E-state index in [0.717, 1.165) is 5.56 Å². The Bertz CT molecular complexity index is 357. The van der Waals surface area contributed by atoms with E-state index in [-0.39, 0.29) is 11.6 Å². The molecule has 3 nitrogen and oxygen atoms in total. The molecule has 3 heteroatoms. The van der Waals surface area contributed by atoms with Gasteiger partial charge >= 0.3 is 0 Å². The quantitative estimate of drug-likeness (QED) is 0.649. The van der Waals surface area contributed by atoms with Gasteiger partial charge in [0.1, 0.15) is 11.6 Å². The molecule has 0 heterocycles. The molecule has 0 saturated heterocycles. The van der Waals surface area contributed by atoms with Gasteiger partial charge in [0.15, 0.2) is 0 Å². The second-order valence-electron chi connectivity index (χ2n) is 4.03. The molecule has 0 spiro atoms. The topological polar surface area (TPSA) is 43.4 Å². The van der Waals surface area contributed by atoms with Crippen LogP contribution in [0.25, 0.3) is 0 Å². The number of hydrogen-bond acceptors (Lipinski definition) is 3. The van der Waals surface area contributed by atoms with Gasteiger partial charge in [-0.1, -0.05) is 30.3 Å². The minimum atomic E-state index is 0.0588. The molecule has 17 heavy (non-hydrogen) atoms. The first kappa shape index (κ1) is 13.6. The number of rotatable bonds is 8. The average Bonchev–Trinajstić information content (AvgIpc) is 2.33. The van der Waals surface area contributed by atoms with E-state index in [2.05, 4.69) is 0 Å². The van der Waals surface area contributed by atoms with Crippen LogP contribution in [0.4, 0.5) is 0 Å². The number of ether oxygens (including phenoxy) is 1. The summed E-state index contributed by atoms with van der Waals surface area (Å²) in [7, 11) is 0. The lowest BCUT2D eigenvalue weighted by molar-refractivity contribution is -0.124. The summed E-state index contributed by atoms with van der Waals surface area (Å²) in [5.41, 5.74) is 1.10. The summed E-state index contributed by atoms with van der Waals surface area (Å²) in [6, 6.07) is 9.83. The van der Waals surface area contributed by atoms with Gasteiger partial charge in [-0.15, -0.1) is 0 Å². The Morgan fingerprint density at radius 1 is 1.06 bits per heavy atom. The third kappa shape index (κ3) is 6.64. The Kier molecular flexibility index (Phi) is 6.18. The molecule has 0 aliphatic rings. The van der Waals surface area contributed by atoms with E-state index >= 15 is 0 Å². The molecule has 0 aliphatic heterocycles. The monoisotopic (exact) mass is 234 g/mol. The van der Waals surface area contributed by atoms with Gasteiger partial charge < -0.3 is 9.53 Å². The van der Waals surface area contributed by atoms with Gasteiger partial charge in [-0.25, -0.2) is 0 Å². The highest BCUT2D eigenvalue weighted by atomic mass is 16.5. The zero-order chi connectivity index (χ0) is 12.5. The molecule has 0 bridgehead atoms. The van der Waals surface area contributed by atoms with E-state index in [1.807, 2.05) is 30.3 Å². The number of benzene rings is 1. The molecular weight excluding hydrogens is 216 g/mol. The Labute approximate surface area is 102 Å². The molecule has 1 rings (SSSR count). The van der Waals surface area contributed by atoms with Gasteiger partial charge in [-0.05, 0) is 12.5 Å². The Morgan fingerprint density at radius 2 is 1.76 bits per heavy atom. The van der Waals surface area contributed by atoms with E-state index in [9.17, 15) is 9.59 Å². The molecule has 0 N–H and O–H groups in total. The van der Waals surface area contributed by atoms with Crippen LogP contribution in [0.15, 0.2) is 30.3 Å². The number of ketones is 2. The van der Waals surface area contributed by atoms with E-state index in [1.165, 1.54) is 6.92 Å². The molecule has 1 aromatic rings. The smallest absolute Gasteiger partial charge is 0.135 e. The lowest BCUT2D eigenvalue weighted by Gasteiger charge is -2.03. The Hall–Kier alpha value is -1.48. The summed E-state index contributed by atoms with van der Waals surface area (Å²) in [5.74, 6) is 0.150. The molecule has 0 saturated carbocycles. The van der Waals surface area contributed by atoms with Crippen LogP contribution in [-0.2, 0) is 20.9 Å². The van der Waals surface area contributed by atoms with Crippen molar-refractivity contribution in [2.45, 2.75) is 32.8 Å². The maximum atomic E-state index is 11.3. The molecule has 92 valence electrons. The SMILES string of the molecule is CC(=O)CCC(=O)CCOCc1ccccc1. The largest absolute Gasteiger partial charge is 0.376 e. The fraction of sp³-hybridized carbons (Fsp3) is 0.429. The summed E-state index contributed by atoms with van der Waals surface area (Å²) in [6.45, 7) is 2.45. The lowest BCUT2D eigenvalue weighted by atomic mass is 10.1. The minimum absolute atomic E-state index is 0.0588. The van der Waals surface area contributed by atoms with Crippen molar-refractivity contribution in [3.8, 4) is 0 Å². The first-order chi connectivity index (χ1) is 8.18. The van der Waals surface area contributed by atoms with Crippen molar-refractivity contribution in [2.75, 3.05) is 6.61 Å². The predicted octanol–water partition coefficient (Wildman–Crippen LogP) is 2.53. The first-order valence-electron chi connectivity index (χ1n) is 5.81. The summed E-state index contributed by atoms with van der Waals surface area (Å²) in [6.07, 6.45) is 1.07. The Balaban J connectivity index is 2.08. The van der Waals surface area contributed by atoms with Crippen molar-refractivity contribution in [1.82, 2.24) is 0 Å². The van der Waals surface area contributed by atoms with Crippen LogP contribution < -0.4 is 0 Å². The number of hydrogen-bond donors (Lipinski definition) is 0. The molecular formula is C14H18O3. The van der Waals surface area contributed by atoms with Crippen LogP contribution >= 0.6 is 0 Å². The molecule has 0 radical (unpaired) electrons. The van der Waals surface area contributed by atoms with Crippen molar-refractivity contribution < 1.29 is 14.3 Å². The fourth-order valence-electron chi connectivity index (χ4n) is 1.39. The van der Waals surface area contributed by atoms with Crippen LogP contribution in [0.5, 0.6) is 0 Å². The van der Waals surface area contributed by atoms with Crippen molar-refractivity contribution in [1.29, 1.82) is 0 Å². The summed E-state index contributed by atoms with van der Waals surface area (Å²) in [4.78, 5) is 22.0. The molecule has 1 aromatic carbocycles. The molecule has 0 atom stereocenters. The van der Waals surface area contributed by atoms with E-state index in [1.54, 1.807) is 0 Å². The van der Waals surface area contributed by atoms with Gasteiger partial charge in [0.2, 0.25) is 0 Å². The average molecular weight is 234 g/mol. The molecule has 0 amide bonds. The molecule has 0 unspecified atom stereocenters. The van der Waals surface area contributed by atoms with Gasteiger partial charge in [0.25, 0.3) is 0 Å².